The van der Waals surface area contributed by atoms with Crippen molar-refractivity contribution < 1.29 is 4.79 Å². The molecule has 1 atom stereocenters. The Labute approximate surface area is 140 Å². The fraction of sp³-hybridized carbons (Fsp3) is 0.412. The van der Waals surface area contributed by atoms with Crippen LogP contribution in [-0.4, -0.2) is 22.6 Å². The molecule has 0 bridgehead atoms. The van der Waals surface area contributed by atoms with E-state index in [4.69, 9.17) is 11.6 Å². The molecule has 23 heavy (non-hydrogen) atoms. The molecular formula is C17H21ClN4O. The third kappa shape index (κ3) is 3.26. The Balaban J connectivity index is 1.85. The highest BCUT2D eigenvalue weighted by molar-refractivity contribution is 6.31. The van der Waals surface area contributed by atoms with E-state index in [1.165, 1.54) is 0 Å². The first-order chi connectivity index (χ1) is 11.1. The van der Waals surface area contributed by atoms with Gasteiger partial charge in [0.15, 0.2) is 5.69 Å². The monoisotopic (exact) mass is 332 g/mol. The van der Waals surface area contributed by atoms with Gasteiger partial charge in [-0.25, -0.2) is 0 Å². The molecule has 5 nitrogen and oxygen atoms in total. The Kier molecular flexibility index (Phi) is 4.68. The molecule has 2 heterocycles. The first-order valence-corrected chi connectivity index (χ1v) is 8.28. The number of nitrogens with zero attached hydrogens (tertiary/aromatic N) is 1. The van der Waals surface area contributed by atoms with Crippen LogP contribution in [0.15, 0.2) is 24.3 Å². The van der Waals surface area contributed by atoms with Crippen molar-refractivity contribution in [3.8, 4) is 0 Å². The summed E-state index contributed by atoms with van der Waals surface area (Å²) in [5.41, 5.74) is 3.42. The standard InChI is InChI=1S/C17H21ClN4O/c1-10(2)15(11-5-3-4-6-13(11)18)20-17(23)16-12-9-19-8-7-14(12)21-22-16/h3-6,10,15,19H,7-9H2,1-2H3,(H,20,23)(H,21,22). The Bertz CT molecular complexity index is 710. The number of aromatic nitrogens is 2. The van der Waals surface area contributed by atoms with Gasteiger partial charge in [-0.2, -0.15) is 5.10 Å². The smallest absolute Gasteiger partial charge is 0.272 e. The molecular weight excluding hydrogens is 312 g/mol. The lowest BCUT2D eigenvalue weighted by molar-refractivity contribution is 0.0919. The zero-order valence-electron chi connectivity index (χ0n) is 13.3. The van der Waals surface area contributed by atoms with Gasteiger partial charge >= 0.3 is 0 Å². The van der Waals surface area contributed by atoms with E-state index < -0.39 is 0 Å². The number of hydrogen-bond acceptors (Lipinski definition) is 3. The van der Waals surface area contributed by atoms with Crippen molar-refractivity contribution >= 4 is 17.5 Å². The van der Waals surface area contributed by atoms with Crippen LogP contribution in [-0.2, 0) is 13.0 Å². The van der Waals surface area contributed by atoms with E-state index in [0.717, 1.165) is 29.8 Å². The number of halogens is 1. The summed E-state index contributed by atoms with van der Waals surface area (Å²) >= 11 is 6.30. The van der Waals surface area contributed by atoms with Crippen LogP contribution in [0.1, 0.15) is 47.2 Å². The average molecular weight is 333 g/mol. The van der Waals surface area contributed by atoms with Crippen LogP contribution in [0.4, 0.5) is 0 Å². The zero-order chi connectivity index (χ0) is 16.4. The van der Waals surface area contributed by atoms with Crippen molar-refractivity contribution in [1.82, 2.24) is 20.8 Å². The van der Waals surface area contributed by atoms with Gasteiger partial charge in [0, 0.05) is 35.8 Å². The molecule has 3 rings (SSSR count). The van der Waals surface area contributed by atoms with E-state index in [9.17, 15) is 4.79 Å². The topological polar surface area (TPSA) is 69.8 Å². The van der Waals surface area contributed by atoms with Crippen LogP contribution in [0.5, 0.6) is 0 Å². The molecule has 1 amide bonds. The van der Waals surface area contributed by atoms with E-state index in [1.807, 2.05) is 24.3 Å². The highest BCUT2D eigenvalue weighted by Gasteiger charge is 2.26. The van der Waals surface area contributed by atoms with Gasteiger partial charge < -0.3 is 10.6 Å². The Hall–Kier alpha value is -1.85. The van der Waals surface area contributed by atoms with E-state index >= 15 is 0 Å². The van der Waals surface area contributed by atoms with E-state index in [-0.39, 0.29) is 17.9 Å². The minimum absolute atomic E-state index is 0.153. The SMILES string of the molecule is CC(C)C(NC(=O)c1n[nH]c2c1CNCC2)c1ccccc1Cl. The molecule has 1 aliphatic heterocycles. The van der Waals surface area contributed by atoms with Gasteiger partial charge in [0.1, 0.15) is 0 Å². The fourth-order valence-corrected chi connectivity index (χ4v) is 3.21. The summed E-state index contributed by atoms with van der Waals surface area (Å²) in [6, 6.07) is 7.47. The van der Waals surface area contributed by atoms with Gasteiger partial charge in [-0.15, -0.1) is 0 Å². The quantitative estimate of drug-likeness (QED) is 0.806. The molecule has 0 aliphatic carbocycles. The molecule has 0 radical (unpaired) electrons. The predicted molar refractivity (Wildman–Crippen MR) is 90.5 cm³/mol. The molecule has 0 saturated carbocycles. The highest BCUT2D eigenvalue weighted by atomic mass is 35.5. The summed E-state index contributed by atoms with van der Waals surface area (Å²) in [5.74, 6) is 0.0524. The molecule has 0 fully saturated rings. The number of fused-ring (bicyclic) bond motifs is 1. The second-order valence-corrected chi connectivity index (χ2v) is 6.58. The largest absolute Gasteiger partial charge is 0.344 e. The molecule has 3 N–H and O–H groups in total. The molecule has 6 heteroatoms. The maximum Gasteiger partial charge on any atom is 0.272 e. The zero-order valence-corrected chi connectivity index (χ0v) is 14.1. The molecule has 0 spiro atoms. The molecule has 1 aliphatic rings. The third-order valence-electron chi connectivity index (χ3n) is 4.21. The third-order valence-corrected chi connectivity index (χ3v) is 4.56. The van der Waals surface area contributed by atoms with Crippen LogP contribution in [0.25, 0.3) is 0 Å². The fourth-order valence-electron chi connectivity index (χ4n) is 2.95. The number of carbonyl (C=O) groups is 1. The summed E-state index contributed by atoms with van der Waals surface area (Å²) in [5, 5.41) is 14.2. The van der Waals surface area contributed by atoms with Gasteiger partial charge in [-0.1, -0.05) is 43.6 Å². The number of carbonyl (C=O) groups excluding carboxylic acids is 1. The number of amides is 1. The summed E-state index contributed by atoms with van der Waals surface area (Å²) < 4.78 is 0. The van der Waals surface area contributed by atoms with E-state index in [2.05, 4.69) is 34.7 Å². The van der Waals surface area contributed by atoms with Crippen molar-refractivity contribution in [2.75, 3.05) is 6.54 Å². The van der Waals surface area contributed by atoms with Crippen LogP contribution >= 0.6 is 11.6 Å². The molecule has 1 aromatic carbocycles. The van der Waals surface area contributed by atoms with Crippen LogP contribution < -0.4 is 10.6 Å². The van der Waals surface area contributed by atoms with E-state index in [0.29, 0.717) is 17.3 Å². The first-order valence-electron chi connectivity index (χ1n) is 7.90. The van der Waals surface area contributed by atoms with Crippen LogP contribution in [0.2, 0.25) is 5.02 Å². The van der Waals surface area contributed by atoms with Gasteiger partial charge in [-0.05, 0) is 17.5 Å². The first kappa shape index (κ1) is 16.0. The lowest BCUT2D eigenvalue weighted by Crippen LogP contribution is -2.33. The second kappa shape index (κ2) is 6.72. The number of H-pyrrole nitrogens is 1. The second-order valence-electron chi connectivity index (χ2n) is 6.17. The summed E-state index contributed by atoms with van der Waals surface area (Å²) in [6.07, 6.45) is 0.869. The summed E-state index contributed by atoms with van der Waals surface area (Å²) in [7, 11) is 0. The average Bonchev–Trinajstić information content (AvgIpc) is 2.97. The predicted octanol–water partition coefficient (Wildman–Crippen LogP) is 2.84. The van der Waals surface area contributed by atoms with Gasteiger partial charge in [0.2, 0.25) is 0 Å². The molecule has 1 aromatic heterocycles. The molecule has 2 aromatic rings. The van der Waals surface area contributed by atoms with E-state index in [1.54, 1.807) is 0 Å². The maximum atomic E-state index is 12.7. The van der Waals surface area contributed by atoms with Crippen molar-refractivity contribution in [3.63, 3.8) is 0 Å². The van der Waals surface area contributed by atoms with Gasteiger partial charge in [0.25, 0.3) is 5.91 Å². The van der Waals surface area contributed by atoms with Crippen LogP contribution in [0, 0.1) is 5.92 Å². The molecule has 122 valence electrons. The minimum Gasteiger partial charge on any atom is -0.344 e. The lowest BCUT2D eigenvalue weighted by atomic mass is 9.95. The molecule has 1 unspecified atom stereocenters. The Morgan fingerprint density at radius 3 is 2.87 bits per heavy atom. The number of rotatable bonds is 4. The summed E-state index contributed by atoms with van der Waals surface area (Å²) in [4.78, 5) is 12.7. The minimum atomic E-state index is -0.162. The van der Waals surface area contributed by atoms with Crippen LogP contribution in [0.3, 0.4) is 0 Å². The Morgan fingerprint density at radius 1 is 1.35 bits per heavy atom. The highest BCUT2D eigenvalue weighted by Crippen LogP contribution is 2.28. The van der Waals surface area contributed by atoms with Crippen molar-refractivity contribution in [2.45, 2.75) is 32.9 Å². The van der Waals surface area contributed by atoms with Crippen molar-refractivity contribution in [3.05, 3.63) is 51.8 Å². The number of hydrogen-bond donors (Lipinski definition) is 3. The van der Waals surface area contributed by atoms with Crippen molar-refractivity contribution in [2.24, 2.45) is 5.92 Å². The lowest BCUT2D eigenvalue weighted by Gasteiger charge is -2.24. The van der Waals surface area contributed by atoms with Gasteiger partial charge in [-0.3, -0.25) is 9.89 Å². The number of nitrogens with one attached hydrogen (secondary N) is 3. The van der Waals surface area contributed by atoms with Crippen molar-refractivity contribution in [1.29, 1.82) is 0 Å². The number of aromatic amines is 1. The normalized spacial score (nSPS) is 15.3. The molecule has 0 saturated heterocycles. The maximum absolute atomic E-state index is 12.7. The van der Waals surface area contributed by atoms with Gasteiger partial charge in [0.05, 0.1) is 6.04 Å². The summed E-state index contributed by atoms with van der Waals surface area (Å²) in [6.45, 7) is 5.71. The number of benzene rings is 1. The Morgan fingerprint density at radius 2 is 2.13 bits per heavy atom.